The summed E-state index contributed by atoms with van der Waals surface area (Å²) < 4.78 is 18.8. The fourth-order valence-electron chi connectivity index (χ4n) is 1.77. The Morgan fingerprint density at radius 2 is 2.10 bits per heavy atom. The van der Waals surface area contributed by atoms with Crippen LogP contribution in [0.15, 0.2) is 30.3 Å². The molecule has 0 spiro atoms. The Bertz CT molecular complexity index is 713. The predicted octanol–water partition coefficient (Wildman–Crippen LogP) is 4.08. The molecule has 0 saturated carbocycles. The molecule has 2 aromatic rings. The van der Waals surface area contributed by atoms with Gasteiger partial charge in [0.1, 0.15) is 0 Å². The third-order valence-electron chi connectivity index (χ3n) is 2.77. The Morgan fingerprint density at radius 1 is 1.33 bits per heavy atom. The highest BCUT2D eigenvalue weighted by atomic mass is 35.5. The van der Waals surface area contributed by atoms with Gasteiger partial charge < -0.3 is 15.8 Å². The van der Waals surface area contributed by atoms with Crippen molar-refractivity contribution in [3.05, 3.63) is 46.7 Å². The summed E-state index contributed by atoms with van der Waals surface area (Å²) in [5.74, 6) is -0.412. The fourth-order valence-corrected chi connectivity index (χ4v) is 2.00. The van der Waals surface area contributed by atoms with Gasteiger partial charge in [-0.3, -0.25) is 0 Å². The first kappa shape index (κ1) is 14.9. The largest absolute Gasteiger partial charge is 0.491 e. The highest BCUT2D eigenvalue weighted by Crippen LogP contribution is 2.33. The molecule has 0 aliphatic carbocycles. The quantitative estimate of drug-likeness (QED) is 0.835. The number of rotatable bonds is 4. The number of nitrogens with two attached hydrogens (primary N) is 1. The van der Waals surface area contributed by atoms with Gasteiger partial charge in [0.25, 0.3) is 0 Å². The van der Waals surface area contributed by atoms with Crippen molar-refractivity contribution in [2.24, 2.45) is 0 Å². The second-order valence-electron chi connectivity index (χ2n) is 4.23. The minimum absolute atomic E-state index is 0.110. The number of nitrogens with zero attached hydrogens (tertiary/aromatic N) is 1. The third-order valence-corrected chi connectivity index (χ3v) is 3.08. The van der Waals surface area contributed by atoms with Gasteiger partial charge in [-0.05, 0) is 25.1 Å². The lowest BCUT2D eigenvalue weighted by atomic mass is 10.2. The second-order valence-corrected chi connectivity index (χ2v) is 4.64. The van der Waals surface area contributed by atoms with E-state index < -0.39 is 5.82 Å². The number of nitriles is 1. The van der Waals surface area contributed by atoms with E-state index in [1.54, 1.807) is 19.1 Å². The average molecular weight is 306 g/mol. The highest BCUT2D eigenvalue weighted by Gasteiger charge is 2.10. The van der Waals surface area contributed by atoms with Gasteiger partial charge in [0.2, 0.25) is 0 Å². The van der Waals surface area contributed by atoms with Gasteiger partial charge in [0.15, 0.2) is 11.6 Å². The van der Waals surface area contributed by atoms with Gasteiger partial charge in [-0.2, -0.15) is 5.26 Å². The molecule has 2 aromatic carbocycles. The molecule has 0 aliphatic rings. The Morgan fingerprint density at radius 3 is 2.71 bits per heavy atom. The summed E-state index contributed by atoms with van der Waals surface area (Å²) in [6, 6.07) is 9.47. The minimum Gasteiger partial charge on any atom is -0.491 e. The molecule has 0 bridgehead atoms. The topological polar surface area (TPSA) is 71.1 Å². The molecular weight excluding hydrogens is 293 g/mol. The molecule has 0 radical (unpaired) electrons. The summed E-state index contributed by atoms with van der Waals surface area (Å²) >= 11 is 6.08. The number of ether oxygens (including phenoxy) is 1. The average Bonchev–Trinajstić information content (AvgIpc) is 2.46. The first-order valence-corrected chi connectivity index (χ1v) is 6.61. The molecule has 0 aliphatic heterocycles. The Labute approximate surface area is 126 Å². The van der Waals surface area contributed by atoms with Crippen molar-refractivity contribution in [3.8, 4) is 11.8 Å². The minimum atomic E-state index is -0.522. The molecule has 0 fully saturated rings. The van der Waals surface area contributed by atoms with Crippen LogP contribution in [0.5, 0.6) is 5.75 Å². The van der Waals surface area contributed by atoms with Crippen molar-refractivity contribution >= 4 is 28.7 Å². The summed E-state index contributed by atoms with van der Waals surface area (Å²) in [6.07, 6.45) is 0. The summed E-state index contributed by atoms with van der Waals surface area (Å²) in [4.78, 5) is 0. The smallest absolute Gasteiger partial charge is 0.167 e. The van der Waals surface area contributed by atoms with E-state index in [4.69, 9.17) is 27.3 Å². The molecule has 0 saturated heterocycles. The van der Waals surface area contributed by atoms with E-state index in [2.05, 4.69) is 5.32 Å². The molecule has 0 heterocycles. The van der Waals surface area contributed by atoms with Crippen molar-refractivity contribution in [2.75, 3.05) is 17.7 Å². The molecule has 0 atom stereocenters. The zero-order chi connectivity index (χ0) is 15.4. The number of halogens is 2. The Hall–Kier alpha value is -2.45. The van der Waals surface area contributed by atoms with Gasteiger partial charge in [0.05, 0.1) is 40.3 Å². The number of hydrogen-bond donors (Lipinski definition) is 2. The van der Waals surface area contributed by atoms with E-state index in [1.807, 2.05) is 6.07 Å². The SMILES string of the molecule is CCOc1cc(Nc2ccc(C#N)cc2Cl)c(N)cc1F. The molecule has 108 valence electrons. The van der Waals surface area contributed by atoms with Crippen LogP contribution < -0.4 is 15.8 Å². The molecule has 0 aromatic heterocycles. The predicted molar refractivity (Wildman–Crippen MR) is 81.4 cm³/mol. The lowest BCUT2D eigenvalue weighted by Gasteiger charge is -2.13. The first-order valence-electron chi connectivity index (χ1n) is 6.23. The summed E-state index contributed by atoms with van der Waals surface area (Å²) in [5.41, 5.74) is 7.52. The first-order chi connectivity index (χ1) is 10.0. The van der Waals surface area contributed by atoms with Crippen molar-refractivity contribution in [2.45, 2.75) is 6.92 Å². The van der Waals surface area contributed by atoms with Crippen LogP contribution in [0.1, 0.15) is 12.5 Å². The van der Waals surface area contributed by atoms with Gasteiger partial charge in [-0.15, -0.1) is 0 Å². The summed E-state index contributed by atoms with van der Waals surface area (Å²) in [6.45, 7) is 2.11. The number of anilines is 3. The number of benzene rings is 2. The molecule has 21 heavy (non-hydrogen) atoms. The monoisotopic (exact) mass is 305 g/mol. The Balaban J connectivity index is 2.35. The van der Waals surface area contributed by atoms with Crippen LogP contribution in [0, 0.1) is 17.1 Å². The van der Waals surface area contributed by atoms with Crippen molar-refractivity contribution in [3.63, 3.8) is 0 Å². The molecule has 0 unspecified atom stereocenters. The van der Waals surface area contributed by atoms with E-state index in [1.165, 1.54) is 18.2 Å². The second kappa shape index (κ2) is 6.33. The van der Waals surface area contributed by atoms with Gasteiger partial charge in [0, 0.05) is 12.1 Å². The lowest BCUT2D eigenvalue weighted by Crippen LogP contribution is -2.01. The zero-order valence-corrected chi connectivity index (χ0v) is 12.0. The van der Waals surface area contributed by atoms with Crippen LogP contribution >= 0.6 is 11.6 Å². The fraction of sp³-hybridized carbons (Fsp3) is 0.133. The Kier molecular flexibility index (Phi) is 4.51. The lowest BCUT2D eigenvalue weighted by molar-refractivity contribution is 0.322. The standard InChI is InChI=1S/C15H13ClFN3O/c1-2-21-15-7-14(12(19)6-11(15)17)20-13-4-3-9(8-18)5-10(13)16/h3-7,20H,2,19H2,1H3. The normalized spacial score (nSPS) is 10.0. The molecule has 2 rings (SSSR count). The van der Waals surface area contributed by atoms with Crippen LogP contribution in [0.2, 0.25) is 5.02 Å². The van der Waals surface area contributed by atoms with Crippen LogP contribution in [0.4, 0.5) is 21.5 Å². The maximum absolute atomic E-state index is 13.6. The third kappa shape index (κ3) is 3.36. The van der Waals surface area contributed by atoms with E-state index >= 15 is 0 Å². The molecular formula is C15H13ClFN3O. The molecule has 6 heteroatoms. The van der Waals surface area contributed by atoms with Crippen molar-refractivity contribution in [1.82, 2.24) is 0 Å². The van der Waals surface area contributed by atoms with Gasteiger partial charge in [-0.1, -0.05) is 11.6 Å². The van der Waals surface area contributed by atoms with Crippen molar-refractivity contribution < 1.29 is 9.13 Å². The summed E-state index contributed by atoms with van der Waals surface area (Å²) in [5, 5.41) is 12.2. The number of hydrogen-bond acceptors (Lipinski definition) is 4. The maximum atomic E-state index is 13.6. The van der Waals surface area contributed by atoms with E-state index in [9.17, 15) is 4.39 Å². The van der Waals surface area contributed by atoms with Gasteiger partial charge >= 0.3 is 0 Å². The zero-order valence-electron chi connectivity index (χ0n) is 11.3. The van der Waals surface area contributed by atoms with Crippen LogP contribution in [0.3, 0.4) is 0 Å². The van der Waals surface area contributed by atoms with E-state index in [0.717, 1.165) is 0 Å². The molecule has 0 amide bonds. The van der Waals surface area contributed by atoms with E-state index in [0.29, 0.717) is 28.6 Å². The summed E-state index contributed by atoms with van der Waals surface area (Å²) in [7, 11) is 0. The van der Waals surface area contributed by atoms with Crippen LogP contribution in [-0.4, -0.2) is 6.61 Å². The van der Waals surface area contributed by atoms with Crippen LogP contribution in [-0.2, 0) is 0 Å². The number of nitrogen functional groups attached to an aromatic ring is 1. The van der Waals surface area contributed by atoms with Gasteiger partial charge in [-0.25, -0.2) is 4.39 Å². The number of nitrogens with one attached hydrogen (secondary N) is 1. The highest BCUT2D eigenvalue weighted by molar-refractivity contribution is 6.33. The van der Waals surface area contributed by atoms with Crippen molar-refractivity contribution in [1.29, 1.82) is 5.26 Å². The maximum Gasteiger partial charge on any atom is 0.167 e. The van der Waals surface area contributed by atoms with Crippen LogP contribution in [0.25, 0.3) is 0 Å². The molecule has 4 nitrogen and oxygen atoms in total. The molecule has 3 N–H and O–H groups in total. The van der Waals surface area contributed by atoms with E-state index in [-0.39, 0.29) is 11.4 Å².